The Hall–Kier alpha value is -0.920. The summed E-state index contributed by atoms with van der Waals surface area (Å²) in [4.78, 5) is 11.1. The Morgan fingerprint density at radius 2 is 1.95 bits per heavy atom. The normalized spacial score (nSPS) is 13.0. The highest BCUT2D eigenvalue weighted by atomic mass is 79.9. The Labute approximate surface area is 121 Å². The van der Waals surface area contributed by atoms with Crippen LogP contribution in [-0.2, 0) is 21.2 Å². The molecule has 19 heavy (non-hydrogen) atoms. The van der Waals surface area contributed by atoms with Crippen molar-refractivity contribution in [1.82, 2.24) is 4.72 Å². The third kappa shape index (κ3) is 4.59. The van der Waals surface area contributed by atoms with Crippen molar-refractivity contribution in [2.24, 2.45) is 5.73 Å². The molecule has 0 bridgehead atoms. The maximum absolute atomic E-state index is 12.0. The van der Waals surface area contributed by atoms with E-state index in [2.05, 4.69) is 15.9 Å². The minimum Gasteiger partial charge on any atom is -0.330 e. The molecule has 0 aliphatic carbocycles. The highest BCUT2D eigenvalue weighted by Gasteiger charge is 2.21. The van der Waals surface area contributed by atoms with Crippen LogP contribution in [-0.4, -0.2) is 25.7 Å². The van der Waals surface area contributed by atoms with Gasteiger partial charge in [0.2, 0.25) is 5.91 Å². The molecule has 106 valence electrons. The fraction of sp³-hybridized carbons (Fsp3) is 0.417. The number of alkyl halides is 1. The molecule has 0 saturated heterocycles. The minimum atomic E-state index is -3.81. The zero-order valence-electron chi connectivity index (χ0n) is 10.6. The summed E-state index contributed by atoms with van der Waals surface area (Å²) in [7, 11) is -3.81. The Morgan fingerprint density at radius 1 is 1.37 bits per heavy atom. The predicted octanol–water partition coefficient (Wildman–Crippen LogP) is 1.17. The van der Waals surface area contributed by atoms with E-state index >= 15 is 0 Å². The summed E-state index contributed by atoms with van der Waals surface area (Å²) in [5.74, 6) is -0.562. The minimum absolute atomic E-state index is 0.0671. The summed E-state index contributed by atoms with van der Waals surface area (Å²) in [6, 6.07) is 6.32. The number of nitrogens with two attached hydrogens (primary N) is 1. The smallest absolute Gasteiger partial charge is 0.264 e. The maximum atomic E-state index is 12.0. The van der Waals surface area contributed by atoms with Crippen LogP contribution in [0.5, 0.6) is 0 Å². The second kappa shape index (κ2) is 7.02. The van der Waals surface area contributed by atoms with E-state index in [0.29, 0.717) is 19.4 Å². The number of amides is 1. The molecule has 1 unspecified atom stereocenters. The van der Waals surface area contributed by atoms with Crippen LogP contribution in [0.15, 0.2) is 29.2 Å². The number of carbonyl (C=O) groups excluding carboxylic acids is 1. The average Bonchev–Trinajstić information content (AvgIpc) is 2.38. The molecule has 0 fully saturated rings. The fourth-order valence-electron chi connectivity index (χ4n) is 1.44. The van der Waals surface area contributed by atoms with Crippen LogP contribution in [0.1, 0.15) is 18.9 Å². The van der Waals surface area contributed by atoms with E-state index in [0.717, 1.165) is 5.56 Å². The van der Waals surface area contributed by atoms with Gasteiger partial charge < -0.3 is 5.73 Å². The molecule has 0 saturated carbocycles. The van der Waals surface area contributed by atoms with Crippen molar-refractivity contribution in [3.8, 4) is 0 Å². The molecule has 0 radical (unpaired) electrons. The van der Waals surface area contributed by atoms with Crippen LogP contribution in [0.4, 0.5) is 0 Å². The van der Waals surface area contributed by atoms with E-state index < -0.39 is 20.8 Å². The van der Waals surface area contributed by atoms with Crippen molar-refractivity contribution in [1.29, 1.82) is 0 Å². The number of hydrogen-bond acceptors (Lipinski definition) is 4. The molecular formula is C12H17BrN2O3S. The molecule has 3 N–H and O–H groups in total. The SMILES string of the molecule is CCC(Br)C(=O)NS(=O)(=O)c1ccc(CCN)cc1. The lowest BCUT2D eigenvalue weighted by molar-refractivity contribution is -0.118. The van der Waals surface area contributed by atoms with Gasteiger partial charge in [0.1, 0.15) is 0 Å². The number of sulfonamides is 1. The molecule has 1 atom stereocenters. The molecule has 1 aromatic rings. The van der Waals surface area contributed by atoms with Gasteiger partial charge >= 0.3 is 0 Å². The van der Waals surface area contributed by atoms with Crippen LogP contribution < -0.4 is 10.5 Å². The van der Waals surface area contributed by atoms with Gasteiger partial charge in [-0.25, -0.2) is 13.1 Å². The number of benzene rings is 1. The van der Waals surface area contributed by atoms with E-state index in [4.69, 9.17) is 5.73 Å². The van der Waals surface area contributed by atoms with Gasteiger partial charge in [0.15, 0.2) is 0 Å². The van der Waals surface area contributed by atoms with Crippen LogP contribution in [0, 0.1) is 0 Å². The van der Waals surface area contributed by atoms with Gasteiger partial charge in [0.25, 0.3) is 10.0 Å². The molecule has 0 heterocycles. The first-order valence-corrected chi connectivity index (χ1v) is 8.30. The summed E-state index contributed by atoms with van der Waals surface area (Å²) in [6.07, 6.45) is 1.20. The van der Waals surface area contributed by atoms with E-state index in [1.165, 1.54) is 12.1 Å². The standard InChI is InChI=1S/C12H17BrN2O3S/c1-2-11(13)12(16)15-19(17,18)10-5-3-9(4-6-10)7-8-14/h3-6,11H,2,7-8,14H2,1H3,(H,15,16). The van der Waals surface area contributed by atoms with Gasteiger partial charge in [0.05, 0.1) is 9.72 Å². The molecule has 0 spiro atoms. The van der Waals surface area contributed by atoms with E-state index in [9.17, 15) is 13.2 Å². The number of nitrogens with one attached hydrogen (secondary N) is 1. The zero-order valence-corrected chi connectivity index (χ0v) is 13.0. The second-order valence-corrected chi connectivity index (χ2v) is 6.82. The first-order valence-electron chi connectivity index (χ1n) is 5.90. The van der Waals surface area contributed by atoms with E-state index in [-0.39, 0.29) is 4.90 Å². The largest absolute Gasteiger partial charge is 0.330 e. The van der Waals surface area contributed by atoms with Crippen molar-refractivity contribution < 1.29 is 13.2 Å². The van der Waals surface area contributed by atoms with Gasteiger partial charge in [-0.15, -0.1) is 0 Å². The molecule has 0 aliphatic rings. The van der Waals surface area contributed by atoms with Gasteiger partial charge in [-0.05, 0) is 37.1 Å². The first-order chi connectivity index (χ1) is 8.90. The molecule has 5 nitrogen and oxygen atoms in total. The average molecular weight is 349 g/mol. The van der Waals surface area contributed by atoms with Crippen molar-refractivity contribution >= 4 is 31.9 Å². The fourth-order valence-corrected chi connectivity index (χ4v) is 2.73. The first kappa shape index (κ1) is 16.1. The Kier molecular flexibility index (Phi) is 5.96. The summed E-state index contributed by atoms with van der Waals surface area (Å²) < 4.78 is 25.9. The summed E-state index contributed by atoms with van der Waals surface area (Å²) >= 11 is 3.11. The Balaban J connectivity index is 2.85. The van der Waals surface area contributed by atoms with Crippen LogP contribution in [0.2, 0.25) is 0 Å². The summed E-state index contributed by atoms with van der Waals surface area (Å²) in [5, 5.41) is 0. The van der Waals surface area contributed by atoms with Gasteiger partial charge in [-0.1, -0.05) is 35.0 Å². The molecule has 1 rings (SSSR count). The summed E-state index contributed by atoms with van der Waals surface area (Å²) in [5.41, 5.74) is 6.38. The third-order valence-corrected chi connectivity index (χ3v) is 4.97. The van der Waals surface area contributed by atoms with Crippen molar-refractivity contribution in [3.63, 3.8) is 0 Å². The lowest BCUT2D eigenvalue weighted by atomic mass is 10.2. The van der Waals surface area contributed by atoms with Gasteiger partial charge in [-0.3, -0.25) is 4.79 Å². The number of hydrogen-bond donors (Lipinski definition) is 2. The predicted molar refractivity (Wildman–Crippen MR) is 77.5 cm³/mol. The molecular weight excluding hydrogens is 332 g/mol. The van der Waals surface area contributed by atoms with Crippen LogP contribution in [0.3, 0.4) is 0 Å². The molecule has 1 aromatic carbocycles. The topological polar surface area (TPSA) is 89.3 Å². The lowest BCUT2D eigenvalue weighted by Gasteiger charge is -2.10. The number of halogens is 1. The van der Waals surface area contributed by atoms with Crippen LogP contribution in [0.25, 0.3) is 0 Å². The molecule has 0 aromatic heterocycles. The Morgan fingerprint density at radius 3 is 2.42 bits per heavy atom. The monoisotopic (exact) mass is 348 g/mol. The van der Waals surface area contributed by atoms with Crippen molar-refractivity contribution in [3.05, 3.63) is 29.8 Å². The Bertz CT molecular complexity index is 528. The van der Waals surface area contributed by atoms with Crippen molar-refractivity contribution in [2.75, 3.05) is 6.54 Å². The molecule has 7 heteroatoms. The zero-order chi connectivity index (χ0) is 14.5. The number of carbonyl (C=O) groups is 1. The third-order valence-electron chi connectivity index (χ3n) is 2.54. The van der Waals surface area contributed by atoms with Gasteiger partial charge in [0, 0.05) is 0 Å². The molecule has 1 amide bonds. The van der Waals surface area contributed by atoms with Crippen molar-refractivity contribution in [2.45, 2.75) is 29.5 Å². The van der Waals surface area contributed by atoms with Crippen LogP contribution >= 0.6 is 15.9 Å². The quantitative estimate of drug-likeness (QED) is 0.755. The van der Waals surface area contributed by atoms with E-state index in [1.807, 2.05) is 4.72 Å². The highest BCUT2D eigenvalue weighted by molar-refractivity contribution is 9.10. The summed E-state index contributed by atoms with van der Waals surface area (Å²) in [6.45, 7) is 2.29. The maximum Gasteiger partial charge on any atom is 0.264 e. The highest BCUT2D eigenvalue weighted by Crippen LogP contribution is 2.12. The lowest BCUT2D eigenvalue weighted by Crippen LogP contribution is -2.35. The molecule has 0 aliphatic heterocycles. The second-order valence-electron chi connectivity index (χ2n) is 4.03. The number of rotatable bonds is 6. The van der Waals surface area contributed by atoms with E-state index in [1.54, 1.807) is 19.1 Å². The van der Waals surface area contributed by atoms with Gasteiger partial charge in [-0.2, -0.15) is 0 Å².